The predicted molar refractivity (Wildman–Crippen MR) is 99.3 cm³/mol. The van der Waals surface area contributed by atoms with Gasteiger partial charge in [0.25, 0.3) is 0 Å². The summed E-state index contributed by atoms with van der Waals surface area (Å²) in [5.74, 6) is -0.230. The van der Waals surface area contributed by atoms with Gasteiger partial charge in [-0.1, -0.05) is 41.7 Å². The molecule has 0 fully saturated rings. The average molecular weight is 354 g/mol. The summed E-state index contributed by atoms with van der Waals surface area (Å²) in [6, 6.07) is 9.64. The fourth-order valence-corrected chi connectivity index (χ4v) is 2.78. The van der Waals surface area contributed by atoms with E-state index in [0.717, 1.165) is 25.1 Å². The minimum absolute atomic E-state index is 0.230. The van der Waals surface area contributed by atoms with Gasteiger partial charge in [0.2, 0.25) is 16.2 Å². The summed E-state index contributed by atoms with van der Waals surface area (Å²) in [6.45, 7) is 1.66. The van der Waals surface area contributed by atoms with Gasteiger partial charge in [0.05, 0.1) is 6.33 Å². The lowest BCUT2D eigenvalue weighted by molar-refractivity contribution is -0.111. The Hall–Kier alpha value is -3.00. The molecule has 0 unspecified atom stereocenters. The number of hydrogen-bond acceptors (Lipinski definition) is 6. The second-order valence-corrected chi connectivity index (χ2v) is 6.20. The minimum Gasteiger partial charge on any atom is -0.360 e. The van der Waals surface area contributed by atoms with Gasteiger partial charge in [-0.15, -0.1) is 10.2 Å². The minimum atomic E-state index is -0.230. The number of aryl methyl sites for hydroxylation is 1. The maximum absolute atomic E-state index is 11.9. The molecule has 8 heteroatoms. The monoisotopic (exact) mass is 354 g/mol. The number of anilines is 2. The molecule has 0 spiro atoms. The normalized spacial score (nSPS) is 10.9. The van der Waals surface area contributed by atoms with Crippen molar-refractivity contribution >= 4 is 33.6 Å². The molecule has 0 aliphatic rings. The van der Waals surface area contributed by atoms with E-state index < -0.39 is 0 Å². The Morgan fingerprint density at radius 2 is 2.04 bits per heavy atom. The molecule has 128 valence electrons. The van der Waals surface area contributed by atoms with Gasteiger partial charge in [0.15, 0.2) is 0 Å². The van der Waals surface area contributed by atoms with E-state index in [0.29, 0.717) is 10.3 Å². The van der Waals surface area contributed by atoms with Gasteiger partial charge in [-0.2, -0.15) is 0 Å². The van der Waals surface area contributed by atoms with Crippen molar-refractivity contribution in [1.82, 2.24) is 19.7 Å². The van der Waals surface area contributed by atoms with E-state index in [1.165, 1.54) is 17.4 Å². The number of rotatable bonds is 8. The van der Waals surface area contributed by atoms with Gasteiger partial charge in [-0.25, -0.2) is 4.98 Å². The van der Waals surface area contributed by atoms with E-state index in [4.69, 9.17) is 0 Å². The predicted octanol–water partition coefficient (Wildman–Crippen LogP) is 2.89. The van der Waals surface area contributed by atoms with Gasteiger partial charge in [0, 0.05) is 31.6 Å². The standard InChI is InChI=1S/C17H18N6OS/c24-15(8-7-14-5-2-1-3-6-14)20-17-22-21-16(25-17)19-9-4-11-23-12-10-18-13-23/h1-3,5-8,10,12-13H,4,9,11H2,(H,19,21)(H,20,22,24)/b8-7+. The van der Waals surface area contributed by atoms with Crippen molar-refractivity contribution < 1.29 is 4.79 Å². The van der Waals surface area contributed by atoms with Crippen LogP contribution >= 0.6 is 11.3 Å². The van der Waals surface area contributed by atoms with E-state index in [9.17, 15) is 4.79 Å². The van der Waals surface area contributed by atoms with E-state index in [1.807, 2.05) is 41.1 Å². The number of hydrogen-bond donors (Lipinski definition) is 2. The van der Waals surface area contributed by atoms with Crippen molar-refractivity contribution in [1.29, 1.82) is 0 Å². The van der Waals surface area contributed by atoms with Crippen LogP contribution < -0.4 is 10.6 Å². The smallest absolute Gasteiger partial charge is 0.250 e. The van der Waals surface area contributed by atoms with Crippen LogP contribution in [0, 0.1) is 0 Å². The van der Waals surface area contributed by atoms with Crippen LogP contribution in [0.25, 0.3) is 6.08 Å². The van der Waals surface area contributed by atoms with Crippen molar-refractivity contribution in [2.45, 2.75) is 13.0 Å². The summed E-state index contributed by atoms with van der Waals surface area (Å²) in [5, 5.41) is 15.1. The zero-order valence-corrected chi connectivity index (χ0v) is 14.3. The number of amides is 1. The molecular formula is C17H18N6OS. The Bertz CT molecular complexity index is 813. The maximum atomic E-state index is 11.9. The summed E-state index contributed by atoms with van der Waals surface area (Å²) in [5.41, 5.74) is 0.968. The van der Waals surface area contributed by atoms with Crippen LogP contribution in [-0.2, 0) is 11.3 Å². The number of imidazole rings is 1. The average Bonchev–Trinajstić information content (AvgIpc) is 3.30. The third-order valence-electron chi connectivity index (χ3n) is 3.31. The van der Waals surface area contributed by atoms with Crippen LogP contribution in [0.5, 0.6) is 0 Å². The second kappa shape index (κ2) is 8.74. The number of carbonyl (C=O) groups excluding carboxylic acids is 1. The lowest BCUT2D eigenvalue weighted by Gasteiger charge is -2.02. The molecule has 3 rings (SSSR count). The number of nitrogens with zero attached hydrogens (tertiary/aromatic N) is 4. The number of aromatic nitrogens is 4. The highest BCUT2D eigenvalue weighted by molar-refractivity contribution is 7.19. The van der Waals surface area contributed by atoms with Crippen molar-refractivity contribution in [3.8, 4) is 0 Å². The van der Waals surface area contributed by atoms with Gasteiger partial charge in [-0.05, 0) is 18.1 Å². The molecule has 2 heterocycles. The molecule has 0 saturated heterocycles. The van der Waals surface area contributed by atoms with Gasteiger partial charge < -0.3 is 9.88 Å². The van der Waals surface area contributed by atoms with Crippen LogP contribution in [0.1, 0.15) is 12.0 Å². The van der Waals surface area contributed by atoms with Crippen molar-refractivity contribution in [3.63, 3.8) is 0 Å². The summed E-state index contributed by atoms with van der Waals surface area (Å²) < 4.78 is 2.02. The third kappa shape index (κ3) is 5.54. The first-order valence-electron chi connectivity index (χ1n) is 7.87. The number of nitrogens with one attached hydrogen (secondary N) is 2. The van der Waals surface area contributed by atoms with E-state index in [2.05, 4.69) is 25.8 Å². The molecule has 25 heavy (non-hydrogen) atoms. The summed E-state index contributed by atoms with van der Waals surface area (Å²) in [6.07, 6.45) is 9.67. The van der Waals surface area contributed by atoms with Crippen molar-refractivity contribution in [2.24, 2.45) is 0 Å². The first kappa shape index (κ1) is 16.8. The zero-order chi connectivity index (χ0) is 17.3. The van der Waals surface area contributed by atoms with E-state index >= 15 is 0 Å². The molecule has 3 aromatic rings. The third-order valence-corrected chi connectivity index (χ3v) is 4.11. The zero-order valence-electron chi connectivity index (χ0n) is 13.5. The van der Waals surface area contributed by atoms with Crippen LogP contribution in [0.2, 0.25) is 0 Å². The van der Waals surface area contributed by atoms with Crippen molar-refractivity contribution in [2.75, 3.05) is 17.2 Å². The molecular weight excluding hydrogens is 336 g/mol. The number of benzene rings is 1. The molecule has 0 radical (unpaired) electrons. The highest BCUT2D eigenvalue weighted by atomic mass is 32.1. The molecule has 0 saturated carbocycles. The fraction of sp³-hybridized carbons (Fsp3) is 0.176. The SMILES string of the molecule is O=C(/C=C/c1ccccc1)Nc1nnc(NCCCn2ccnc2)s1. The Balaban J connectivity index is 1.41. The van der Waals surface area contributed by atoms with E-state index in [-0.39, 0.29) is 5.91 Å². The van der Waals surface area contributed by atoms with E-state index in [1.54, 1.807) is 18.6 Å². The summed E-state index contributed by atoms with van der Waals surface area (Å²) in [7, 11) is 0. The highest BCUT2D eigenvalue weighted by Gasteiger charge is 2.05. The van der Waals surface area contributed by atoms with Crippen LogP contribution in [0.3, 0.4) is 0 Å². The van der Waals surface area contributed by atoms with Crippen LogP contribution in [-0.4, -0.2) is 32.2 Å². The first-order chi connectivity index (χ1) is 12.3. The van der Waals surface area contributed by atoms with Gasteiger partial charge in [-0.3, -0.25) is 10.1 Å². The fourth-order valence-electron chi connectivity index (χ4n) is 2.10. The van der Waals surface area contributed by atoms with Crippen LogP contribution in [0.15, 0.2) is 55.1 Å². The summed E-state index contributed by atoms with van der Waals surface area (Å²) in [4.78, 5) is 15.9. The lowest BCUT2D eigenvalue weighted by Crippen LogP contribution is -2.07. The Kier molecular flexibility index (Phi) is 5.89. The number of carbonyl (C=O) groups is 1. The topological polar surface area (TPSA) is 84.7 Å². The largest absolute Gasteiger partial charge is 0.360 e. The van der Waals surface area contributed by atoms with Gasteiger partial charge >= 0.3 is 0 Å². The molecule has 0 bridgehead atoms. The molecule has 0 aliphatic carbocycles. The van der Waals surface area contributed by atoms with Crippen molar-refractivity contribution in [3.05, 3.63) is 60.7 Å². The molecule has 0 aliphatic heterocycles. The Morgan fingerprint density at radius 3 is 2.84 bits per heavy atom. The molecule has 2 aromatic heterocycles. The second-order valence-electron chi connectivity index (χ2n) is 5.23. The molecule has 7 nitrogen and oxygen atoms in total. The first-order valence-corrected chi connectivity index (χ1v) is 8.68. The highest BCUT2D eigenvalue weighted by Crippen LogP contribution is 2.19. The van der Waals surface area contributed by atoms with Crippen LogP contribution in [0.4, 0.5) is 10.3 Å². The Morgan fingerprint density at radius 1 is 1.20 bits per heavy atom. The Labute approximate surface area is 149 Å². The molecule has 0 atom stereocenters. The lowest BCUT2D eigenvalue weighted by atomic mass is 10.2. The summed E-state index contributed by atoms with van der Waals surface area (Å²) >= 11 is 1.31. The maximum Gasteiger partial charge on any atom is 0.250 e. The molecule has 1 amide bonds. The molecule has 1 aromatic carbocycles. The van der Waals surface area contributed by atoms with Gasteiger partial charge in [0.1, 0.15) is 0 Å². The quantitative estimate of drug-likeness (QED) is 0.480. The molecule has 2 N–H and O–H groups in total.